The number of aryl methyl sites for hydroxylation is 1. The zero-order valence-electron chi connectivity index (χ0n) is 11.9. The molecule has 1 aromatic rings. The molecule has 0 saturated carbocycles. The van der Waals surface area contributed by atoms with Gasteiger partial charge in [-0.1, -0.05) is 49.0 Å². The maximum Gasteiger partial charge on any atom is 0.278 e. The summed E-state index contributed by atoms with van der Waals surface area (Å²) in [7, 11) is 4.30. The standard InChI is InChI=1S/C7H7Cl.C3H7NOS.CH3NOS.CH4O/c1-6-3-2-4-7(8)5-6;1-4(2)3(5)6;2-1(3)4;1-2/h2-5H,1H3;1-2H3,(H,5,6);(H3,2,3,4);2H,1H3. The number of hydrogen-bond acceptors (Lipinski definition) is 3. The van der Waals surface area contributed by atoms with Crippen LogP contribution in [0.5, 0.6) is 0 Å². The summed E-state index contributed by atoms with van der Waals surface area (Å²) in [6.07, 6.45) is 0. The Kier molecular flexibility index (Phi) is 19.5. The van der Waals surface area contributed by atoms with Crippen molar-refractivity contribution in [2.24, 2.45) is 5.73 Å². The third-order valence-electron chi connectivity index (χ3n) is 1.36. The van der Waals surface area contributed by atoms with Gasteiger partial charge in [0.25, 0.3) is 10.5 Å². The molecule has 3 N–H and O–H groups in total. The van der Waals surface area contributed by atoms with Gasteiger partial charge in [0.2, 0.25) is 0 Å². The summed E-state index contributed by atoms with van der Waals surface area (Å²) in [4.78, 5) is 20.4. The number of hydrogen-bond donors (Lipinski definition) is 4. The van der Waals surface area contributed by atoms with Crippen LogP contribution in [0.2, 0.25) is 5.02 Å². The van der Waals surface area contributed by atoms with Crippen molar-refractivity contribution in [3.05, 3.63) is 34.9 Å². The van der Waals surface area contributed by atoms with E-state index in [-0.39, 0.29) is 5.24 Å². The van der Waals surface area contributed by atoms with Gasteiger partial charge in [0.05, 0.1) is 0 Å². The molecule has 20 heavy (non-hydrogen) atoms. The summed E-state index contributed by atoms with van der Waals surface area (Å²) >= 11 is 12.2. The fourth-order valence-corrected chi connectivity index (χ4v) is 0.850. The van der Waals surface area contributed by atoms with Crippen molar-refractivity contribution in [1.29, 1.82) is 0 Å². The third-order valence-corrected chi connectivity index (χ3v) is 2.00. The Bertz CT molecular complexity index is 369. The Hall–Kier alpha value is -0.890. The van der Waals surface area contributed by atoms with Gasteiger partial charge in [-0.25, -0.2) is 0 Å². The van der Waals surface area contributed by atoms with Gasteiger partial charge in [-0.05, 0) is 24.6 Å². The Morgan fingerprint density at radius 1 is 1.25 bits per heavy atom. The van der Waals surface area contributed by atoms with E-state index in [9.17, 15) is 4.79 Å². The van der Waals surface area contributed by atoms with Crippen LogP contribution in [-0.2, 0) is 0 Å². The van der Waals surface area contributed by atoms with Crippen LogP contribution in [0.4, 0.5) is 9.59 Å². The quantitative estimate of drug-likeness (QED) is 0.548. The lowest BCUT2D eigenvalue weighted by Crippen LogP contribution is -2.13. The first kappa shape index (κ1) is 24.1. The average molecular weight is 341 g/mol. The van der Waals surface area contributed by atoms with Crippen LogP contribution in [0.1, 0.15) is 5.56 Å². The van der Waals surface area contributed by atoms with E-state index in [0.29, 0.717) is 0 Å². The number of thiol groups is 2. The number of nitrogens with two attached hydrogens (primary N) is 1. The maximum atomic E-state index is 9.93. The molecule has 0 atom stereocenters. The number of primary amides is 1. The molecule has 1 aromatic carbocycles. The van der Waals surface area contributed by atoms with Crippen molar-refractivity contribution >= 4 is 47.3 Å². The third kappa shape index (κ3) is 25.8. The van der Waals surface area contributed by atoms with E-state index in [1.165, 1.54) is 10.5 Å². The van der Waals surface area contributed by atoms with Crippen molar-refractivity contribution in [1.82, 2.24) is 4.90 Å². The predicted octanol–water partition coefficient (Wildman–Crippen LogP) is 2.85. The maximum absolute atomic E-state index is 9.93. The van der Waals surface area contributed by atoms with Crippen molar-refractivity contribution in [2.75, 3.05) is 21.2 Å². The minimum atomic E-state index is -0.639. The Morgan fingerprint density at radius 3 is 1.75 bits per heavy atom. The van der Waals surface area contributed by atoms with E-state index >= 15 is 0 Å². The summed E-state index contributed by atoms with van der Waals surface area (Å²) in [5.41, 5.74) is 5.54. The van der Waals surface area contributed by atoms with Crippen LogP contribution in [0, 0.1) is 6.92 Å². The lowest BCUT2D eigenvalue weighted by Gasteiger charge is -2.01. The van der Waals surface area contributed by atoms with Crippen LogP contribution < -0.4 is 5.73 Å². The number of aliphatic hydroxyl groups is 1. The Balaban J connectivity index is -0.000000215. The minimum Gasteiger partial charge on any atom is -0.400 e. The highest BCUT2D eigenvalue weighted by atomic mass is 35.5. The number of benzene rings is 1. The van der Waals surface area contributed by atoms with Gasteiger partial charge in [-0.15, -0.1) is 0 Å². The second-order valence-electron chi connectivity index (χ2n) is 3.31. The highest BCUT2D eigenvalue weighted by molar-refractivity contribution is 7.96. The molecule has 0 aliphatic rings. The lowest BCUT2D eigenvalue weighted by molar-refractivity contribution is 0.241. The molecular formula is C12H21ClN2O3S2. The molecule has 0 fully saturated rings. The fourth-order valence-electron chi connectivity index (χ4n) is 0.606. The second-order valence-corrected chi connectivity index (χ2v) is 4.57. The normalized spacial score (nSPS) is 7.60. The van der Waals surface area contributed by atoms with Crippen molar-refractivity contribution < 1.29 is 14.7 Å². The first-order valence-electron chi connectivity index (χ1n) is 5.22. The van der Waals surface area contributed by atoms with Gasteiger partial charge in [-0.3, -0.25) is 9.59 Å². The van der Waals surface area contributed by atoms with Crippen LogP contribution in [-0.4, -0.2) is 41.7 Å². The molecule has 8 heteroatoms. The molecule has 0 saturated heterocycles. The number of carbonyl (C=O) groups excluding carboxylic acids is 2. The zero-order valence-corrected chi connectivity index (χ0v) is 14.4. The molecule has 0 spiro atoms. The van der Waals surface area contributed by atoms with Gasteiger partial charge in [0.1, 0.15) is 0 Å². The van der Waals surface area contributed by atoms with E-state index in [2.05, 4.69) is 31.0 Å². The highest BCUT2D eigenvalue weighted by Gasteiger charge is 1.89. The number of halogens is 1. The van der Waals surface area contributed by atoms with Crippen molar-refractivity contribution in [2.45, 2.75) is 6.92 Å². The summed E-state index contributed by atoms with van der Waals surface area (Å²) in [5, 5.41) is 6.96. The monoisotopic (exact) mass is 340 g/mol. The molecule has 0 aromatic heterocycles. The van der Waals surface area contributed by atoms with Gasteiger partial charge in [0, 0.05) is 26.2 Å². The van der Waals surface area contributed by atoms with Gasteiger partial charge in [0.15, 0.2) is 0 Å². The molecule has 0 unspecified atom stereocenters. The number of carbonyl (C=O) groups is 2. The van der Waals surface area contributed by atoms with Gasteiger partial charge >= 0.3 is 0 Å². The van der Waals surface area contributed by atoms with E-state index in [0.717, 1.165) is 12.1 Å². The summed E-state index contributed by atoms with van der Waals surface area (Å²) in [6, 6.07) is 7.76. The molecule has 116 valence electrons. The van der Waals surface area contributed by atoms with E-state index < -0.39 is 5.24 Å². The molecule has 0 aliphatic heterocycles. The van der Waals surface area contributed by atoms with E-state index in [1.54, 1.807) is 14.1 Å². The smallest absolute Gasteiger partial charge is 0.278 e. The number of rotatable bonds is 0. The largest absolute Gasteiger partial charge is 0.400 e. The summed E-state index contributed by atoms with van der Waals surface area (Å²) in [5.74, 6) is 0. The molecule has 0 bridgehead atoms. The SMILES string of the molecule is CN(C)C(=O)S.CO.Cc1cccc(Cl)c1.NC(=O)S. The molecule has 2 amide bonds. The molecule has 0 radical (unpaired) electrons. The van der Waals surface area contributed by atoms with Crippen LogP contribution in [0.3, 0.4) is 0 Å². The zero-order chi connectivity index (χ0) is 16.7. The number of nitrogens with zero attached hydrogens (tertiary/aromatic N) is 1. The minimum absolute atomic E-state index is 0.213. The molecule has 1 rings (SSSR count). The second kappa shape index (κ2) is 16.2. The topological polar surface area (TPSA) is 83.6 Å². The van der Waals surface area contributed by atoms with E-state index in [4.69, 9.17) is 21.5 Å². The Labute approximate surface area is 135 Å². The molecule has 5 nitrogen and oxygen atoms in total. The number of aliphatic hydroxyl groups excluding tert-OH is 1. The summed E-state index contributed by atoms with van der Waals surface area (Å²) in [6.45, 7) is 2.02. The lowest BCUT2D eigenvalue weighted by atomic mass is 10.2. The predicted molar refractivity (Wildman–Crippen MR) is 91.0 cm³/mol. The summed E-state index contributed by atoms with van der Waals surface area (Å²) < 4.78 is 0. The van der Waals surface area contributed by atoms with Crippen molar-refractivity contribution in [3.8, 4) is 0 Å². The number of amides is 2. The van der Waals surface area contributed by atoms with Crippen molar-refractivity contribution in [3.63, 3.8) is 0 Å². The van der Waals surface area contributed by atoms with Crippen LogP contribution >= 0.6 is 36.9 Å². The molecule has 0 heterocycles. The first-order valence-corrected chi connectivity index (χ1v) is 6.49. The van der Waals surface area contributed by atoms with Crippen LogP contribution in [0.15, 0.2) is 24.3 Å². The average Bonchev–Trinajstić information content (AvgIpc) is 2.31. The molecular weight excluding hydrogens is 320 g/mol. The van der Waals surface area contributed by atoms with Gasteiger partial charge < -0.3 is 15.7 Å². The molecule has 0 aliphatic carbocycles. The Morgan fingerprint density at radius 2 is 1.60 bits per heavy atom. The fraction of sp³-hybridized carbons (Fsp3) is 0.333. The van der Waals surface area contributed by atoms with Crippen LogP contribution in [0.25, 0.3) is 0 Å². The highest BCUT2D eigenvalue weighted by Crippen LogP contribution is 2.08. The van der Waals surface area contributed by atoms with E-state index in [1.807, 2.05) is 31.2 Å². The van der Waals surface area contributed by atoms with Gasteiger partial charge in [-0.2, -0.15) is 0 Å². The first-order chi connectivity index (χ1) is 9.16.